The zero-order chi connectivity index (χ0) is 13.0. The molecule has 4 heteroatoms. The Kier molecular flexibility index (Phi) is 3.91. The molecule has 18 heavy (non-hydrogen) atoms. The second-order valence-electron chi connectivity index (χ2n) is 4.07. The molecule has 0 saturated carbocycles. The van der Waals surface area contributed by atoms with Gasteiger partial charge in [-0.1, -0.05) is 30.3 Å². The van der Waals surface area contributed by atoms with Crippen molar-refractivity contribution in [2.45, 2.75) is 11.9 Å². The molecule has 2 atom stereocenters. The van der Waals surface area contributed by atoms with E-state index < -0.39 is 11.9 Å². The van der Waals surface area contributed by atoms with Crippen molar-refractivity contribution in [3.05, 3.63) is 48.0 Å². The van der Waals surface area contributed by atoms with Crippen LogP contribution in [0.25, 0.3) is 0 Å². The minimum atomic E-state index is -1.12. The van der Waals surface area contributed by atoms with Gasteiger partial charge < -0.3 is 14.2 Å². The molecule has 4 nitrogen and oxygen atoms in total. The normalized spacial score (nSPS) is 27.4. The summed E-state index contributed by atoms with van der Waals surface area (Å²) in [7, 11) is 3.08. The molecule has 0 spiro atoms. The van der Waals surface area contributed by atoms with Gasteiger partial charge in [-0.2, -0.15) is 0 Å². The van der Waals surface area contributed by atoms with Gasteiger partial charge in [-0.3, -0.25) is 4.79 Å². The zero-order valence-corrected chi connectivity index (χ0v) is 10.5. The summed E-state index contributed by atoms with van der Waals surface area (Å²) in [6.45, 7) is 0.153. The molecular weight excluding hydrogens is 232 g/mol. The van der Waals surface area contributed by atoms with Gasteiger partial charge in [-0.15, -0.1) is 0 Å². The molecule has 96 valence electrons. The number of carbonyl (C=O) groups excluding carboxylic acids is 1. The highest BCUT2D eigenvalue weighted by molar-refractivity contribution is 5.98. The molecule has 1 aromatic carbocycles. The van der Waals surface area contributed by atoms with Gasteiger partial charge in [0.25, 0.3) is 0 Å². The summed E-state index contributed by atoms with van der Waals surface area (Å²) < 4.78 is 16.1. The van der Waals surface area contributed by atoms with E-state index in [2.05, 4.69) is 0 Å². The number of benzene rings is 1. The van der Waals surface area contributed by atoms with Crippen LogP contribution in [-0.4, -0.2) is 32.9 Å². The van der Waals surface area contributed by atoms with Crippen molar-refractivity contribution in [3.63, 3.8) is 0 Å². The Labute approximate surface area is 106 Å². The third-order valence-electron chi connectivity index (χ3n) is 2.94. The highest BCUT2D eigenvalue weighted by Gasteiger charge is 2.44. The second kappa shape index (κ2) is 5.44. The predicted octanol–water partition coefficient (Wildman–Crippen LogP) is 1.66. The van der Waals surface area contributed by atoms with Crippen LogP contribution in [0, 0.1) is 0 Å². The molecule has 0 aromatic heterocycles. The highest BCUT2D eigenvalue weighted by Crippen LogP contribution is 2.32. The highest BCUT2D eigenvalue weighted by atomic mass is 16.7. The molecule has 1 heterocycles. The second-order valence-corrected chi connectivity index (χ2v) is 4.07. The Morgan fingerprint density at radius 2 is 2.00 bits per heavy atom. The van der Waals surface area contributed by atoms with Gasteiger partial charge in [-0.05, 0) is 17.7 Å². The van der Waals surface area contributed by atoms with Crippen LogP contribution < -0.4 is 0 Å². The Morgan fingerprint density at radius 1 is 1.28 bits per heavy atom. The topological polar surface area (TPSA) is 44.8 Å². The van der Waals surface area contributed by atoms with Crippen LogP contribution in [0.1, 0.15) is 5.56 Å². The zero-order valence-electron chi connectivity index (χ0n) is 10.5. The fraction of sp³-hybridized carbons (Fsp3) is 0.357. The van der Waals surface area contributed by atoms with E-state index in [4.69, 9.17) is 14.2 Å². The fourth-order valence-electron chi connectivity index (χ4n) is 2.03. The lowest BCUT2D eigenvalue weighted by Gasteiger charge is -2.36. The number of ether oxygens (including phenoxy) is 3. The molecule has 0 amide bonds. The van der Waals surface area contributed by atoms with Crippen molar-refractivity contribution in [1.82, 2.24) is 0 Å². The van der Waals surface area contributed by atoms with Crippen LogP contribution in [-0.2, 0) is 24.6 Å². The van der Waals surface area contributed by atoms with Gasteiger partial charge in [0.05, 0.1) is 6.61 Å². The molecule has 1 aromatic rings. The van der Waals surface area contributed by atoms with Crippen LogP contribution in [0.2, 0.25) is 0 Å². The van der Waals surface area contributed by atoms with Gasteiger partial charge in [0.2, 0.25) is 0 Å². The average Bonchev–Trinajstić information content (AvgIpc) is 2.42. The summed E-state index contributed by atoms with van der Waals surface area (Å²) in [4.78, 5) is 12.2. The van der Waals surface area contributed by atoms with E-state index in [0.717, 1.165) is 5.56 Å². The predicted molar refractivity (Wildman–Crippen MR) is 66.0 cm³/mol. The van der Waals surface area contributed by atoms with Gasteiger partial charge in [0, 0.05) is 14.2 Å². The molecule has 1 aliphatic heterocycles. The summed E-state index contributed by atoms with van der Waals surface area (Å²) in [6, 6.07) is 9.32. The van der Waals surface area contributed by atoms with Crippen molar-refractivity contribution in [2.75, 3.05) is 20.8 Å². The number of rotatable bonds is 4. The van der Waals surface area contributed by atoms with Gasteiger partial charge in [0.15, 0.2) is 17.7 Å². The van der Waals surface area contributed by atoms with E-state index in [0.29, 0.717) is 0 Å². The first kappa shape index (κ1) is 13.0. The number of ketones is 1. The van der Waals surface area contributed by atoms with E-state index in [-0.39, 0.29) is 12.4 Å². The number of methoxy groups -OCH3 is 2. The third kappa shape index (κ3) is 2.22. The average molecular weight is 248 g/mol. The molecule has 0 radical (unpaired) electrons. The first-order chi connectivity index (χ1) is 8.73. The third-order valence-corrected chi connectivity index (χ3v) is 2.94. The quantitative estimate of drug-likeness (QED) is 0.812. The minimum Gasteiger partial charge on any atom is -0.381 e. The Hall–Kier alpha value is -1.49. The van der Waals surface area contributed by atoms with Crippen molar-refractivity contribution in [1.29, 1.82) is 0 Å². The van der Waals surface area contributed by atoms with E-state index in [1.807, 2.05) is 30.3 Å². The Morgan fingerprint density at radius 3 is 2.61 bits per heavy atom. The maximum absolute atomic E-state index is 12.2. The van der Waals surface area contributed by atoms with E-state index in [1.54, 1.807) is 13.2 Å². The molecule has 0 saturated heterocycles. The standard InChI is InChI=1S/C14H16O4/c1-16-10-14(11-6-4-3-5-7-11)12(15)8-9-13(17-2)18-14/h3-9,13H,10H2,1-2H3. The molecule has 0 aliphatic carbocycles. The van der Waals surface area contributed by atoms with Crippen LogP contribution in [0.15, 0.2) is 42.5 Å². The fourth-order valence-corrected chi connectivity index (χ4v) is 2.03. The first-order valence-electron chi connectivity index (χ1n) is 5.70. The molecule has 2 unspecified atom stereocenters. The number of hydrogen-bond acceptors (Lipinski definition) is 4. The van der Waals surface area contributed by atoms with Crippen molar-refractivity contribution in [3.8, 4) is 0 Å². The van der Waals surface area contributed by atoms with Gasteiger partial charge in [0.1, 0.15) is 0 Å². The maximum atomic E-state index is 12.2. The molecule has 0 fully saturated rings. The SMILES string of the molecule is COCC1(c2ccccc2)OC(OC)C=CC1=O. The van der Waals surface area contributed by atoms with Crippen LogP contribution in [0.4, 0.5) is 0 Å². The summed E-state index contributed by atoms with van der Waals surface area (Å²) >= 11 is 0. The molecule has 0 N–H and O–H groups in total. The Balaban J connectivity index is 2.44. The lowest BCUT2D eigenvalue weighted by Crippen LogP contribution is -2.47. The largest absolute Gasteiger partial charge is 0.381 e. The summed E-state index contributed by atoms with van der Waals surface area (Å²) in [6.07, 6.45) is 2.54. The van der Waals surface area contributed by atoms with Crippen LogP contribution >= 0.6 is 0 Å². The van der Waals surface area contributed by atoms with Crippen LogP contribution in [0.3, 0.4) is 0 Å². The lowest BCUT2D eigenvalue weighted by molar-refractivity contribution is -0.203. The summed E-state index contributed by atoms with van der Waals surface area (Å²) in [5.41, 5.74) is -0.353. The Bertz CT molecular complexity index is 440. The number of hydrogen-bond donors (Lipinski definition) is 0. The minimum absolute atomic E-state index is 0.135. The van der Waals surface area contributed by atoms with Crippen molar-refractivity contribution in [2.24, 2.45) is 0 Å². The van der Waals surface area contributed by atoms with E-state index >= 15 is 0 Å². The van der Waals surface area contributed by atoms with Crippen molar-refractivity contribution < 1.29 is 19.0 Å². The molecule has 0 bridgehead atoms. The summed E-state index contributed by atoms with van der Waals surface area (Å²) in [5, 5.41) is 0. The van der Waals surface area contributed by atoms with E-state index in [9.17, 15) is 4.79 Å². The van der Waals surface area contributed by atoms with Crippen LogP contribution in [0.5, 0.6) is 0 Å². The summed E-state index contributed by atoms with van der Waals surface area (Å²) in [5.74, 6) is -0.135. The molecular formula is C14H16O4. The molecule has 1 aliphatic rings. The smallest absolute Gasteiger partial charge is 0.194 e. The van der Waals surface area contributed by atoms with Gasteiger partial charge in [-0.25, -0.2) is 0 Å². The first-order valence-corrected chi connectivity index (χ1v) is 5.70. The maximum Gasteiger partial charge on any atom is 0.194 e. The van der Waals surface area contributed by atoms with Crippen molar-refractivity contribution >= 4 is 5.78 Å². The van der Waals surface area contributed by atoms with Gasteiger partial charge >= 0.3 is 0 Å². The monoisotopic (exact) mass is 248 g/mol. The lowest BCUT2D eigenvalue weighted by atomic mass is 9.88. The number of carbonyl (C=O) groups is 1. The van der Waals surface area contributed by atoms with E-state index in [1.165, 1.54) is 13.2 Å². The molecule has 2 rings (SSSR count).